The van der Waals surface area contributed by atoms with E-state index in [-0.39, 0.29) is 81.5 Å². The molecule has 42 heteroatoms. The molecule has 594 valence electrons. The van der Waals surface area contributed by atoms with Gasteiger partial charge >= 0.3 is 76.3 Å². The molecule has 2 aliphatic heterocycles. The van der Waals surface area contributed by atoms with Gasteiger partial charge in [0, 0.05) is 115 Å². The number of hydrogen-bond donors (Lipinski definition) is 14. The predicted molar refractivity (Wildman–Crippen MR) is 391 cm³/mol. The van der Waals surface area contributed by atoms with Crippen molar-refractivity contribution in [1.82, 2.24) is 61.1 Å². The van der Waals surface area contributed by atoms with Gasteiger partial charge in [-0.25, -0.2) is 49.1 Å². The smallest absolute Gasteiger partial charge is 0.870 e. The first-order valence-corrected chi connectivity index (χ1v) is 32.9. The number of carboxylic acids is 4. The van der Waals surface area contributed by atoms with Gasteiger partial charge in [0.05, 0.1) is 0 Å². The Hall–Kier alpha value is -10.7. The Kier molecular flexibility index (Phi) is 33.6. The summed E-state index contributed by atoms with van der Waals surface area (Å²) in [7, 11) is 0. The van der Waals surface area contributed by atoms with Crippen molar-refractivity contribution in [1.29, 1.82) is 0 Å². The van der Waals surface area contributed by atoms with E-state index in [1.807, 2.05) is 48.5 Å². The fourth-order valence-electron chi connectivity index (χ4n) is 9.20. The van der Waals surface area contributed by atoms with E-state index in [0.29, 0.717) is 69.7 Å². The number of halogens is 12. The van der Waals surface area contributed by atoms with Crippen molar-refractivity contribution in [2.24, 2.45) is 20.0 Å². The molecule has 3 aromatic heterocycles. The van der Waals surface area contributed by atoms with Crippen LogP contribution in [0.25, 0.3) is 89.7 Å². The number of anilines is 4. The van der Waals surface area contributed by atoms with Gasteiger partial charge in [-0.2, -0.15) is 52.7 Å². The Morgan fingerprint density at radius 2 is 0.527 bits per heavy atom. The molecule has 0 unspecified atom stereocenters. The van der Waals surface area contributed by atoms with E-state index in [0.717, 1.165) is 66.5 Å². The van der Waals surface area contributed by atoms with E-state index in [2.05, 4.69) is 188 Å². The quantitative estimate of drug-likeness (QED) is 0.0234. The van der Waals surface area contributed by atoms with Gasteiger partial charge in [0.25, 0.3) is 0 Å². The number of nitrogens with zero attached hydrogens (tertiary/aromatic N) is 10. The molecule has 7 aromatic rings. The van der Waals surface area contributed by atoms with Crippen LogP contribution in [-0.2, 0) is 46.8 Å². The zero-order valence-corrected chi connectivity index (χ0v) is 67.6. The van der Waals surface area contributed by atoms with Crippen molar-refractivity contribution in [3.63, 3.8) is 0 Å². The second kappa shape index (κ2) is 39.6. The van der Waals surface area contributed by atoms with Gasteiger partial charge in [0.1, 0.15) is 22.6 Å². The minimum absolute atomic E-state index is 0. The van der Waals surface area contributed by atoms with E-state index in [1.54, 1.807) is 0 Å². The molecule has 5 heterocycles. The number of alkyl halides is 12. The first-order valence-electron chi connectivity index (χ1n) is 32.9. The van der Waals surface area contributed by atoms with Gasteiger partial charge in [0.2, 0.25) is 0 Å². The second-order valence-corrected chi connectivity index (χ2v) is 25.8. The summed E-state index contributed by atoms with van der Waals surface area (Å²) in [4.78, 5) is 94.4. The number of aromatic nitrogens is 8. The molecule has 110 heavy (non-hydrogen) atoms. The van der Waals surface area contributed by atoms with Crippen LogP contribution in [0, 0.1) is 0 Å². The van der Waals surface area contributed by atoms with Crippen molar-refractivity contribution in [3.05, 3.63) is 72.8 Å². The molecule has 0 saturated carbocycles. The number of benzene rings is 4. The first-order chi connectivity index (χ1) is 49.9. The average Bonchev–Trinajstić information content (AvgIpc) is 1.60. The molecule has 0 aliphatic carbocycles. The number of aliphatic carboxylic acids is 4. The number of carboxylic acid groups (broad SMARTS) is 4. The summed E-state index contributed by atoms with van der Waals surface area (Å²) in [5, 5.41) is 59.8. The third-order valence-corrected chi connectivity index (χ3v) is 13.1. The minimum Gasteiger partial charge on any atom is -0.870 e. The van der Waals surface area contributed by atoms with E-state index < -0.39 is 48.6 Å². The fourth-order valence-corrected chi connectivity index (χ4v) is 9.20. The molecular weight excluding hydrogens is 1670 g/mol. The van der Waals surface area contributed by atoms with Gasteiger partial charge in [0.15, 0.2) is 47.1 Å². The first kappa shape index (κ1) is 93.5. The third-order valence-electron chi connectivity index (χ3n) is 13.1. The molecule has 4 aromatic carbocycles. The zero-order valence-electron chi connectivity index (χ0n) is 62.1. The van der Waals surface area contributed by atoms with Crippen molar-refractivity contribution >= 4 is 115 Å². The van der Waals surface area contributed by atoms with E-state index in [9.17, 15) is 52.7 Å². The summed E-state index contributed by atoms with van der Waals surface area (Å²) in [6.45, 7) is 33.2. The van der Waals surface area contributed by atoms with Gasteiger partial charge < -0.3 is 78.4 Å². The number of carbonyl (C=O) groups is 4. The van der Waals surface area contributed by atoms with Crippen molar-refractivity contribution in [3.8, 4) is 45.6 Å². The predicted octanol–water partition coefficient (Wildman–Crippen LogP) is 13.9. The number of aliphatic imine (C=N–C) groups is 4. The molecule has 15 N–H and O–H groups in total. The van der Waals surface area contributed by atoms with Crippen molar-refractivity contribution < 1.29 is 125 Å². The number of H-pyrrole nitrogens is 2. The number of nitrogens with one attached hydrogen (secondary N) is 10. The van der Waals surface area contributed by atoms with Crippen LogP contribution in [0.3, 0.4) is 0 Å². The van der Waals surface area contributed by atoms with Crippen LogP contribution in [-0.4, -0.2) is 187 Å². The largest absolute Gasteiger partial charge is 2.00 e. The molecule has 0 amide bonds. The Balaban J connectivity index is 0.000000887. The molecule has 2 aliphatic rings. The monoisotopic (exact) mass is 1750 g/mol. The van der Waals surface area contributed by atoms with Gasteiger partial charge in [-0.1, -0.05) is 0 Å². The Bertz CT molecular complexity index is 4350. The molecule has 8 bridgehead atoms. The SMILES string of the molecule is CC(C)N=C(Nc1ccc2c(c1)-c1nc-2nc2[nH]c(nc3nc(nc4[nH]c(n1)c1ccc(NC(=NC(C)C)NC(C)C)cc41)-c1ccc(NC(=NC(C)C)NC(C)C)cc1-3)c1ccc(NC(=NC(C)C)NC(C)C)cc21)NC(C)C.O=C(O)C(F)(F)F.O=C(O)C(F)(F)F.O=C(O)C(F)(F)F.O=C(O)C(F)(F)F.[Hg+2].[OH-]. The summed E-state index contributed by atoms with van der Waals surface area (Å²) in [6, 6.07) is 25.3. The van der Waals surface area contributed by atoms with Crippen LogP contribution >= 0.6 is 0 Å². The maximum atomic E-state index is 10.6. The zero-order chi connectivity index (χ0) is 81.4. The fraction of sp³-hybridized carbons (Fsp3) is 0.412. The molecule has 0 saturated heterocycles. The maximum Gasteiger partial charge on any atom is 2.00 e. The second-order valence-electron chi connectivity index (χ2n) is 25.8. The molecular formula is C68H83F12HgN20O9+. The average molecular weight is 1750 g/mol. The number of rotatable bonds is 12. The van der Waals surface area contributed by atoms with Gasteiger partial charge in [-0.3, -0.25) is 20.0 Å². The van der Waals surface area contributed by atoms with Gasteiger partial charge in [-0.15, -0.1) is 0 Å². The Morgan fingerprint density at radius 1 is 0.327 bits per heavy atom. The molecule has 0 fully saturated rings. The molecule has 0 atom stereocenters. The van der Waals surface area contributed by atoms with Crippen LogP contribution in [0.15, 0.2) is 92.8 Å². The summed E-state index contributed by atoms with van der Waals surface area (Å²) < 4.78 is 127. The van der Waals surface area contributed by atoms with E-state index >= 15 is 0 Å². The molecule has 9 rings (SSSR count). The van der Waals surface area contributed by atoms with Crippen LogP contribution in [0.5, 0.6) is 0 Å². The summed E-state index contributed by atoms with van der Waals surface area (Å²) >= 11 is 0. The normalized spacial score (nSPS) is 12.5. The standard InChI is InChI=1S/C60H78N20.4C2HF3O2.Hg.H2O/c1-29(2)61-57(62-30(3)4)69-37-17-21-41-45(25-37)53-73-49(41)78-54-47-27-39(71-59(65-33(9)10)66-34(11)12)19-23-43(47)51(75-54)80-56-48-28-40(72-60(67-35(13)14)68-36(15)16)20-24-44(48)52(76-56)79-55-46-26-38(18-22-42(46)50(74-55)77-53)70-58(63-31(5)6)64-32(7)8;4*3-2(4,5)1(6)7;;/h17-36H,1-16H3,(H2,61,62,69)(H2,63,64,70)(H2,65,66,71)(H2,67,68,72)(H2,73,74,75,76,77,78,79,80);4*(H,6,7);;1H2/q;;;;;+2;/p-1. The summed E-state index contributed by atoms with van der Waals surface area (Å²) in [6.07, 6.45) is -20.3. The van der Waals surface area contributed by atoms with Crippen LogP contribution < -0.4 is 42.5 Å². The maximum absolute atomic E-state index is 10.6. The Morgan fingerprint density at radius 3 is 0.736 bits per heavy atom. The number of hydrogen-bond acceptors (Lipinski definition) is 15. The van der Waals surface area contributed by atoms with E-state index in [1.165, 1.54) is 0 Å². The summed E-state index contributed by atoms with van der Waals surface area (Å²) in [5.74, 6) is -6.50. The van der Waals surface area contributed by atoms with Crippen LogP contribution in [0.2, 0.25) is 0 Å². The number of fused-ring (bicyclic) bond motifs is 20. The van der Waals surface area contributed by atoms with Gasteiger partial charge in [-0.05, 0) is 184 Å². The van der Waals surface area contributed by atoms with Crippen LogP contribution in [0.1, 0.15) is 111 Å². The molecule has 0 spiro atoms. The summed E-state index contributed by atoms with van der Waals surface area (Å²) in [5.41, 5.74) is 8.59. The molecule has 29 nitrogen and oxygen atoms in total. The van der Waals surface area contributed by atoms with Crippen LogP contribution in [0.4, 0.5) is 75.4 Å². The number of guanidine groups is 4. The third kappa shape index (κ3) is 28.7. The minimum atomic E-state index is -5.08. The van der Waals surface area contributed by atoms with Crippen molar-refractivity contribution in [2.45, 2.75) is 184 Å². The van der Waals surface area contributed by atoms with Crippen molar-refractivity contribution in [2.75, 3.05) is 21.3 Å². The Labute approximate surface area is 641 Å². The molecule has 0 radical (unpaired) electrons. The van der Waals surface area contributed by atoms with E-state index in [4.69, 9.17) is 89.5 Å². The number of aromatic amines is 2. The topological polar surface area (TPSA) is 434 Å².